The number of hydrogen-bond acceptors (Lipinski definition) is 4. The molecule has 0 aliphatic heterocycles. The molecular weight excluding hydrogens is 420 g/mol. The van der Waals surface area contributed by atoms with E-state index >= 15 is 0 Å². The third kappa shape index (κ3) is 4.87. The first-order valence-electron chi connectivity index (χ1n) is 11.4. The van der Waals surface area contributed by atoms with E-state index in [4.69, 9.17) is 9.84 Å². The highest BCUT2D eigenvalue weighted by molar-refractivity contribution is 5.87. The molecule has 7 heteroatoms. The molecule has 0 radical (unpaired) electrons. The predicted molar refractivity (Wildman–Crippen MR) is 124 cm³/mol. The standard InChI is InChI=1S/C26H30N2O5/c1-16(2)22(13-23(29)30)28-24(31)26(11-12-26)15-27-25(32)33-14-21-19-9-5-3-7-17(19)18-8-4-6-10-20(18)21/h3-10,16,21-22H,11-15H2,1-2H3,(H,27,32)(H,28,31)(H,29,30)/t22-/m1/s1. The number of nitrogens with one attached hydrogen (secondary N) is 2. The highest BCUT2D eigenvalue weighted by Gasteiger charge is 2.50. The number of alkyl carbamates (subject to hydrolysis) is 1. The normalized spacial score (nSPS) is 16.5. The topological polar surface area (TPSA) is 105 Å². The number of fused-ring (bicyclic) bond motifs is 3. The van der Waals surface area contributed by atoms with Crippen LogP contribution in [0.25, 0.3) is 11.1 Å². The largest absolute Gasteiger partial charge is 0.481 e. The summed E-state index contributed by atoms with van der Waals surface area (Å²) in [6.45, 7) is 4.14. The van der Waals surface area contributed by atoms with Crippen LogP contribution in [0.2, 0.25) is 0 Å². The van der Waals surface area contributed by atoms with Crippen LogP contribution >= 0.6 is 0 Å². The van der Waals surface area contributed by atoms with Crippen molar-refractivity contribution < 1.29 is 24.2 Å². The van der Waals surface area contributed by atoms with Crippen molar-refractivity contribution in [2.45, 2.75) is 45.1 Å². The molecule has 2 aromatic carbocycles. The molecule has 33 heavy (non-hydrogen) atoms. The number of rotatable bonds is 9. The molecule has 0 bridgehead atoms. The summed E-state index contributed by atoms with van der Waals surface area (Å²) in [7, 11) is 0. The van der Waals surface area contributed by atoms with Gasteiger partial charge in [0.1, 0.15) is 6.61 Å². The molecule has 2 amide bonds. The maximum Gasteiger partial charge on any atom is 0.407 e. The molecule has 0 saturated heterocycles. The Hall–Kier alpha value is -3.35. The van der Waals surface area contributed by atoms with Gasteiger partial charge in [0.05, 0.1) is 11.8 Å². The minimum Gasteiger partial charge on any atom is -0.481 e. The Labute approximate surface area is 193 Å². The van der Waals surface area contributed by atoms with Crippen LogP contribution in [0.15, 0.2) is 48.5 Å². The summed E-state index contributed by atoms with van der Waals surface area (Å²) in [6.07, 6.45) is 0.627. The van der Waals surface area contributed by atoms with E-state index in [9.17, 15) is 14.4 Å². The van der Waals surface area contributed by atoms with E-state index in [1.807, 2.05) is 38.1 Å². The van der Waals surface area contributed by atoms with Gasteiger partial charge < -0.3 is 20.5 Å². The third-order valence-corrected chi connectivity index (χ3v) is 6.77. The summed E-state index contributed by atoms with van der Waals surface area (Å²) >= 11 is 0. The van der Waals surface area contributed by atoms with Gasteiger partial charge in [0.2, 0.25) is 5.91 Å². The smallest absolute Gasteiger partial charge is 0.407 e. The van der Waals surface area contributed by atoms with Crippen molar-refractivity contribution in [3.8, 4) is 11.1 Å². The third-order valence-electron chi connectivity index (χ3n) is 6.77. The Bertz CT molecular complexity index is 1010. The van der Waals surface area contributed by atoms with Crippen LogP contribution in [0.3, 0.4) is 0 Å². The second-order valence-corrected chi connectivity index (χ2v) is 9.38. The van der Waals surface area contributed by atoms with E-state index in [0.717, 1.165) is 22.3 Å². The second kappa shape index (κ2) is 9.25. The minimum absolute atomic E-state index is 0.00376. The molecule has 2 aliphatic carbocycles. The quantitative estimate of drug-likeness (QED) is 0.537. The number of carboxylic acid groups (broad SMARTS) is 1. The summed E-state index contributed by atoms with van der Waals surface area (Å²) < 4.78 is 5.56. The van der Waals surface area contributed by atoms with Crippen molar-refractivity contribution in [3.05, 3.63) is 59.7 Å². The van der Waals surface area contributed by atoms with E-state index in [0.29, 0.717) is 12.8 Å². The molecule has 2 aliphatic rings. The lowest BCUT2D eigenvalue weighted by Gasteiger charge is -2.24. The summed E-state index contributed by atoms with van der Waals surface area (Å²) in [5.41, 5.74) is 3.93. The molecule has 0 spiro atoms. The monoisotopic (exact) mass is 450 g/mol. The van der Waals surface area contributed by atoms with Crippen molar-refractivity contribution >= 4 is 18.0 Å². The number of ether oxygens (including phenoxy) is 1. The fourth-order valence-corrected chi connectivity index (χ4v) is 4.49. The van der Waals surface area contributed by atoms with Gasteiger partial charge in [0, 0.05) is 18.5 Å². The average molecular weight is 451 g/mol. The molecule has 1 atom stereocenters. The van der Waals surface area contributed by atoms with E-state index in [2.05, 4.69) is 34.9 Å². The van der Waals surface area contributed by atoms with Gasteiger partial charge in [-0.3, -0.25) is 9.59 Å². The first kappa shape index (κ1) is 22.8. The lowest BCUT2D eigenvalue weighted by atomic mass is 9.98. The molecular formula is C26H30N2O5. The van der Waals surface area contributed by atoms with Gasteiger partial charge in [0.25, 0.3) is 0 Å². The van der Waals surface area contributed by atoms with E-state index in [1.165, 1.54) is 0 Å². The number of carboxylic acids is 1. The molecule has 1 fully saturated rings. The molecule has 2 aromatic rings. The van der Waals surface area contributed by atoms with Crippen LogP contribution in [-0.2, 0) is 14.3 Å². The van der Waals surface area contributed by atoms with E-state index < -0.39 is 23.5 Å². The number of benzene rings is 2. The van der Waals surface area contributed by atoms with Crippen molar-refractivity contribution in [3.63, 3.8) is 0 Å². The van der Waals surface area contributed by atoms with Crippen molar-refractivity contribution in [2.24, 2.45) is 11.3 Å². The molecule has 1 saturated carbocycles. The summed E-state index contributed by atoms with van der Waals surface area (Å²) in [6, 6.07) is 15.8. The summed E-state index contributed by atoms with van der Waals surface area (Å²) in [5.74, 6) is -1.18. The van der Waals surface area contributed by atoms with Crippen LogP contribution in [0.5, 0.6) is 0 Å². The van der Waals surface area contributed by atoms with Crippen LogP contribution in [0.4, 0.5) is 4.79 Å². The lowest BCUT2D eigenvalue weighted by Crippen LogP contribution is -2.47. The zero-order chi connectivity index (χ0) is 23.6. The molecule has 3 N–H and O–H groups in total. The molecule has 0 unspecified atom stereocenters. The lowest BCUT2D eigenvalue weighted by molar-refractivity contribution is -0.138. The SMILES string of the molecule is CC(C)[C@@H](CC(=O)O)NC(=O)C1(CNC(=O)OCC2c3ccccc3-c3ccccc32)CC1. The maximum atomic E-state index is 12.8. The molecule has 4 rings (SSSR count). The van der Waals surface area contributed by atoms with Crippen molar-refractivity contribution in [2.75, 3.05) is 13.2 Å². The molecule has 0 aromatic heterocycles. The zero-order valence-corrected chi connectivity index (χ0v) is 19.0. The van der Waals surface area contributed by atoms with Gasteiger partial charge >= 0.3 is 12.1 Å². The van der Waals surface area contributed by atoms with Gasteiger partial charge in [-0.2, -0.15) is 0 Å². The van der Waals surface area contributed by atoms with Gasteiger partial charge in [-0.1, -0.05) is 62.4 Å². The maximum absolute atomic E-state index is 12.8. The van der Waals surface area contributed by atoms with Crippen LogP contribution in [-0.4, -0.2) is 42.3 Å². The summed E-state index contributed by atoms with van der Waals surface area (Å²) in [5, 5.41) is 14.7. The number of hydrogen-bond donors (Lipinski definition) is 3. The van der Waals surface area contributed by atoms with Gasteiger partial charge in [-0.15, -0.1) is 0 Å². The fraction of sp³-hybridized carbons (Fsp3) is 0.423. The first-order chi connectivity index (χ1) is 15.8. The zero-order valence-electron chi connectivity index (χ0n) is 19.0. The highest BCUT2D eigenvalue weighted by atomic mass is 16.5. The second-order valence-electron chi connectivity index (χ2n) is 9.38. The van der Waals surface area contributed by atoms with Crippen molar-refractivity contribution in [1.82, 2.24) is 10.6 Å². The highest BCUT2D eigenvalue weighted by Crippen LogP contribution is 2.46. The average Bonchev–Trinajstić information content (AvgIpc) is 3.52. The van der Waals surface area contributed by atoms with Crippen molar-refractivity contribution in [1.29, 1.82) is 0 Å². The van der Waals surface area contributed by atoms with Crippen LogP contribution in [0.1, 0.15) is 50.2 Å². The Kier molecular flexibility index (Phi) is 6.40. The van der Waals surface area contributed by atoms with Crippen LogP contribution in [0, 0.1) is 11.3 Å². The van der Waals surface area contributed by atoms with Crippen LogP contribution < -0.4 is 10.6 Å². The fourth-order valence-electron chi connectivity index (χ4n) is 4.49. The minimum atomic E-state index is -0.949. The Morgan fingerprint density at radius 1 is 1.03 bits per heavy atom. The number of amides is 2. The summed E-state index contributed by atoms with van der Waals surface area (Å²) in [4.78, 5) is 36.3. The predicted octanol–water partition coefficient (Wildman–Crippen LogP) is 3.92. The van der Waals surface area contributed by atoms with Gasteiger partial charge in [-0.05, 0) is 41.0 Å². The van der Waals surface area contributed by atoms with Gasteiger partial charge in [0.15, 0.2) is 0 Å². The van der Waals surface area contributed by atoms with E-state index in [-0.39, 0.29) is 37.3 Å². The molecule has 174 valence electrons. The Morgan fingerprint density at radius 2 is 1.61 bits per heavy atom. The first-order valence-corrected chi connectivity index (χ1v) is 11.4. The van der Waals surface area contributed by atoms with E-state index in [1.54, 1.807) is 0 Å². The Balaban J connectivity index is 1.32. The molecule has 0 heterocycles. The Morgan fingerprint density at radius 3 is 2.12 bits per heavy atom. The number of carbonyl (C=O) groups is 3. The molecule has 7 nitrogen and oxygen atoms in total. The number of aliphatic carboxylic acids is 1. The van der Waals surface area contributed by atoms with Gasteiger partial charge in [-0.25, -0.2) is 4.79 Å². The number of carbonyl (C=O) groups excluding carboxylic acids is 2.